The Hall–Kier alpha value is -5.22. The van der Waals surface area contributed by atoms with Crippen molar-refractivity contribution in [3.63, 3.8) is 0 Å². The predicted molar refractivity (Wildman–Crippen MR) is 254 cm³/mol. The van der Waals surface area contributed by atoms with Crippen LogP contribution in [0.2, 0.25) is 0 Å². The number of urea groups is 2. The number of amides is 4. The molecule has 2 aromatic rings. The summed E-state index contributed by atoms with van der Waals surface area (Å²) >= 11 is 0. The zero-order valence-electron chi connectivity index (χ0n) is 40.6. The third kappa shape index (κ3) is 46.1. The van der Waals surface area contributed by atoms with E-state index in [0.29, 0.717) is 32.8 Å². The van der Waals surface area contributed by atoms with Gasteiger partial charge in [0.05, 0.1) is 19.7 Å². The summed E-state index contributed by atoms with van der Waals surface area (Å²) < 4.78 is 18.5. The minimum absolute atomic E-state index is 0. The molecule has 0 saturated heterocycles. The maximum atomic E-state index is 11.7. The van der Waals surface area contributed by atoms with Crippen molar-refractivity contribution >= 4 is 41.6 Å². The van der Waals surface area contributed by atoms with E-state index >= 15 is 0 Å². The average Bonchev–Trinajstić information content (AvgIpc) is 3.24. The summed E-state index contributed by atoms with van der Waals surface area (Å²) in [5, 5.41) is 14.5. The van der Waals surface area contributed by atoms with Gasteiger partial charge in [0.1, 0.15) is 25.9 Å². The Morgan fingerprint density at radius 3 is 1.38 bits per heavy atom. The molecule has 2 rings (SSSR count). The number of aliphatic hydroxyl groups excluding tert-OH is 1. The molecule has 4 amide bonds. The number of likely N-dealkylation sites (N-methyl/N-ethyl adjacent to an activating group) is 1. The van der Waals surface area contributed by atoms with Crippen molar-refractivity contribution in [3.05, 3.63) is 65.2 Å². The highest BCUT2D eigenvalue weighted by Gasteiger charge is 2.10. The monoisotopic (exact) mass is 896 g/mol. The van der Waals surface area contributed by atoms with Gasteiger partial charge in [-0.2, -0.15) is 0 Å². The minimum Gasteiger partial charge on any atom is -0.466 e. The lowest BCUT2D eigenvalue weighted by Gasteiger charge is -2.18. The molecule has 2 aromatic carbocycles. The van der Waals surface area contributed by atoms with E-state index < -0.39 is 6.10 Å². The number of hydrogen-bond acceptors (Lipinski definition) is 12. The number of carbonyl (C=O) groups is 6. The lowest BCUT2D eigenvalue weighted by molar-refractivity contribution is -0.144. The molecule has 16 nitrogen and oxygen atoms in total. The van der Waals surface area contributed by atoms with Crippen LogP contribution in [0.3, 0.4) is 0 Å². The van der Waals surface area contributed by atoms with Gasteiger partial charge in [0.2, 0.25) is 0 Å². The Kier molecular flexibility index (Phi) is 47.6. The number of nitrogens with zero attached hydrogens (tertiary/aromatic N) is 3. The zero-order chi connectivity index (χ0) is 48.5. The van der Waals surface area contributed by atoms with Gasteiger partial charge in [0.25, 0.3) is 0 Å². The van der Waals surface area contributed by atoms with Crippen molar-refractivity contribution in [3.8, 4) is 0 Å². The van der Waals surface area contributed by atoms with Crippen LogP contribution in [0.5, 0.6) is 0 Å². The number of hydrogen-bond donors (Lipinski definition) is 3. The SMILES string of the molecule is C.CC.CC(=O)OCCNC(=O)N(C)c1ccc(C)cc1.CCCOC(C)=O.CCCc1ccc(C)cc1.CCN(C)C(=O)NCCOC(C)=O.CCN(C)CC(O)COC(C)=O. The summed E-state index contributed by atoms with van der Waals surface area (Å²) in [4.78, 5) is 69.0. The number of esters is 4. The van der Waals surface area contributed by atoms with Crippen LogP contribution in [-0.2, 0) is 44.5 Å². The normalized spacial score (nSPS) is 9.73. The van der Waals surface area contributed by atoms with Crippen molar-refractivity contribution in [1.82, 2.24) is 20.4 Å². The number of aryl methyl sites for hydroxylation is 3. The van der Waals surface area contributed by atoms with Crippen LogP contribution in [-0.4, -0.2) is 137 Å². The molecule has 3 N–H and O–H groups in total. The van der Waals surface area contributed by atoms with Crippen LogP contribution in [0.15, 0.2) is 48.5 Å². The van der Waals surface area contributed by atoms with Gasteiger partial charge in [0, 0.05) is 60.6 Å². The van der Waals surface area contributed by atoms with Crippen LogP contribution in [0, 0.1) is 13.8 Å². The topological polar surface area (TPSA) is 193 Å². The van der Waals surface area contributed by atoms with E-state index in [-0.39, 0.29) is 63.2 Å². The number of aliphatic hydroxyl groups is 1. The van der Waals surface area contributed by atoms with Gasteiger partial charge in [-0.1, -0.05) is 96.0 Å². The Labute approximate surface area is 380 Å². The number of benzene rings is 2. The van der Waals surface area contributed by atoms with Crippen LogP contribution >= 0.6 is 0 Å². The first-order chi connectivity index (χ1) is 29.2. The lowest BCUT2D eigenvalue weighted by Crippen LogP contribution is -2.39. The lowest BCUT2D eigenvalue weighted by atomic mass is 10.1. The first-order valence-electron chi connectivity index (χ1n) is 21.3. The van der Waals surface area contributed by atoms with E-state index in [2.05, 4.69) is 63.0 Å². The van der Waals surface area contributed by atoms with Gasteiger partial charge in [-0.25, -0.2) is 9.59 Å². The molecule has 0 aliphatic carbocycles. The van der Waals surface area contributed by atoms with Gasteiger partial charge < -0.3 is 44.5 Å². The van der Waals surface area contributed by atoms with E-state index in [9.17, 15) is 33.9 Å². The smallest absolute Gasteiger partial charge is 0.321 e. The largest absolute Gasteiger partial charge is 0.466 e. The minimum atomic E-state index is -0.584. The van der Waals surface area contributed by atoms with E-state index in [1.165, 1.54) is 61.5 Å². The van der Waals surface area contributed by atoms with Crippen molar-refractivity contribution in [2.75, 3.05) is 85.2 Å². The standard InChI is InChI=1S/C13H18N2O3.C10H14.C8H16N2O3.C8H17NO3.C5H10O2.C2H6.CH4/c1-10-4-6-12(7-5-10)15(3)13(17)14-8-9-18-11(2)16;1-3-4-10-7-5-9(2)6-8-10;1-4-10(3)8(12)9-5-6-13-7(2)11;1-4-9(3)5-8(11)6-12-7(2)10;1-3-4-7-5(2)6;1-2;/h4-7H,8-9H2,1-3H3,(H,14,17);5-8H,3-4H2,1-2H3;4-6H2,1-3H3,(H,9,12);8,11H,4-6H2,1-3H3;3-4H2,1-2H3;1-2H3;1H4. The highest BCUT2D eigenvalue weighted by Crippen LogP contribution is 2.13. The highest BCUT2D eigenvalue weighted by molar-refractivity contribution is 5.91. The van der Waals surface area contributed by atoms with Crippen LogP contribution in [0.25, 0.3) is 0 Å². The number of rotatable bonds is 17. The maximum absolute atomic E-state index is 11.7. The third-order valence-corrected chi connectivity index (χ3v) is 7.62. The van der Waals surface area contributed by atoms with E-state index in [4.69, 9.17) is 4.74 Å². The second kappa shape index (κ2) is 44.8. The first kappa shape index (κ1) is 66.9. The molecule has 0 aromatic heterocycles. The van der Waals surface area contributed by atoms with Gasteiger partial charge in [-0.05, 0) is 64.9 Å². The summed E-state index contributed by atoms with van der Waals surface area (Å²) in [6.45, 7) is 25.3. The molecule has 63 heavy (non-hydrogen) atoms. The van der Waals surface area contributed by atoms with Crippen molar-refractivity contribution in [1.29, 1.82) is 0 Å². The van der Waals surface area contributed by atoms with E-state index in [1.807, 2.05) is 77.8 Å². The zero-order valence-corrected chi connectivity index (χ0v) is 40.6. The molecule has 0 aliphatic rings. The van der Waals surface area contributed by atoms with Crippen molar-refractivity contribution in [2.45, 2.75) is 116 Å². The summed E-state index contributed by atoms with van der Waals surface area (Å²) in [5.74, 6) is -1.23. The second-order valence-corrected chi connectivity index (χ2v) is 13.4. The molecular weight excluding hydrogens is 811 g/mol. The summed E-state index contributed by atoms with van der Waals surface area (Å²) in [5.41, 5.74) is 4.75. The summed E-state index contributed by atoms with van der Waals surface area (Å²) in [6, 6.07) is 16.0. The van der Waals surface area contributed by atoms with Crippen LogP contribution in [0.1, 0.15) is 106 Å². The Morgan fingerprint density at radius 1 is 0.603 bits per heavy atom. The highest BCUT2D eigenvalue weighted by atomic mass is 16.5. The molecule has 0 radical (unpaired) electrons. The molecule has 0 heterocycles. The average molecular weight is 896 g/mol. The summed E-state index contributed by atoms with van der Waals surface area (Å²) in [6.07, 6.45) is 2.77. The van der Waals surface area contributed by atoms with E-state index in [0.717, 1.165) is 24.2 Å². The first-order valence-corrected chi connectivity index (χ1v) is 21.3. The third-order valence-electron chi connectivity index (χ3n) is 7.62. The molecule has 364 valence electrons. The quantitative estimate of drug-likeness (QED) is 0.0814. The fraction of sp³-hybridized carbons (Fsp3) is 0.617. The van der Waals surface area contributed by atoms with Gasteiger partial charge in [0.15, 0.2) is 0 Å². The van der Waals surface area contributed by atoms with E-state index in [1.54, 1.807) is 14.1 Å². The second-order valence-electron chi connectivity index (χ2n) is 13.4. The number of carbonyl (C=O) groups excluding carboxylic acids is 6. The molecule has 1 atom stereocenters. The van der Waals surface area contributed by atoms with Gasteiger partial charge in [-0.15, -0.1) is 0 Å². The molecular formula is C47H85N5O11. The predicted octanol–water partition coefficient (Wildman–Crippen LogP) is 7.35. The van der Waals surface area contributed by atoms with Crippen molar-refractivity contribution < 1.29 is 52.8 Å². The molecule has 1 unspecified atom stereocenters. The maximum Gasteiger partial charge on any atom is 0.321 e. The number of nitrogens with one attached hydrogen (secondary N) is 2. The van der Waals surface area contributed by atoms with Crippen LogP contribution < -0.4 is 15.5 Å². The fourth-order valence-electron chi connectivity index (χ4n) is 4.03. The van der Waals surface area contributed by atoms with Gasteiger partial charge >= 0.3 is 35.9 Å². The molecule has 0 aliphatic heterocycles. The number of ether oxygens (including phenoxy) is 4. The fourth-order valence-corrected chi connectivity index (χ4v) is 4.03. The molecule has 0 spiro atoms. The molecule has 0 bridgehead atoms. The molecule has 0 saturated carbocycles. The Morgan fingerprint density at radius 2 is 1.02 bits per heavy atom. The number of anilines is 1. The molecule has 0 fully saturated rings. The summed E-state index contributed by atoms with van der Waals surface area (Å²) in [7, 11) is 5.28. The Bertz CT molecular complexity index is 1460. The van der Waals surface area contributed by atoms with Crippen LogP contribution in [0.4, 0.5) is 15.3 Å². The Balaban J connectivity index is -0.000000226. The van der Waals surface area contributed by atoms with Gasteiger partial charge in [-0.3, -0.25) is 24.1 Å². The molecule has 16 heteroatoms. The van der Waals surface area contributed by atoms with Crippen molar-refractivity contribution in [2.24, 2.45) is 0 Å².